The largest absolute Gasteiger partial charge is 0.480 e. The molecule has 1 amide bonds. The molecule has 1 saturated carbocycles. The fourth-order valence-corrected chi connectivity index (χ4v) is 4.16. The van der Waals surface area contributed by atoms with Crippen molar-refractivity contribution in [2.75, 3.05) is 6.61 Å². The van der Waals surface area contributed by atoms with Crippen molar-refractivity contribution in [3.8, 4) is 11.1 Å². The number of carbonyl (C=O) groups excluding carboxylic acids is 1. The first-order valence-electron chi connectivity index (χ1n) is 9.37. The lowest BCUT2D eigenvalue weighted by atomic mass is 9.71. The van der Waals surface area contributed by atoms with Crippen LogP contribution < -0.4 is 5.32 Å². The van der Waals surface area contributed by atoms with Crippen LogP contribution in [0.3, 0.4) is 0 Å². The monoisotopic (exact) mass is 365 g/mol. The first-order valence-corrected chi connectivity index (χ1v) is 9.37. The molecule has 0 saturated heterocycles. The number of benzene rings is 2. The minimum atomic E-state index is -1.28. The van der Waals surface area contributed by atoms with E-state index in [1.807, 2.05) is 24.3 Å². The molecule has 0 heterocycles. The quantitative estimate of drug-likeness (QED) is 0.834. The van der Waals surface area contributed by atoms with Crippen molar-refractivity contribution in [3.05, 3.63) is 59.7 Å². The summed E-state index contributed by atoms with van der Waals surface area (Å²) >= 11 is 0. The molecule has 27 heavy (non-hydrogen) atoms. The molecule has 2 aromatic rings. The lowest BCUT2D eigenvalue weighted by Crippen LogP contribution is -2.59. The molecule has 1 unspecified atom stereocenters. The van der Waals surface area contributed by atoms with Gasteiger partial charge in [0.15, 0.2) is 0 Å². The van der Waals surface area contributed by atoms with Gasteiger partial charge in [0.25, 0.3) is 0 Å². The van der Waals surface area contributed by atoms with E-state index in [2.05, 4.69) is 29.6 Å². The van der Waals surface area contributed by atoms with Gasteiger partial charge in [0.2, 0.25) is 0 Å². The smallest absolute Gasteiger partial charge is 0.408 e. The first kappa shape index (κ1) is 17.6. The van der Waals surface area contributed by atoms with Gasteiger partial charge in [0.05, 0.1) is 0 Å². The second kappa shape index (κ2) is 6.72. The predicted octanol–water partition coefficient (Wildman–Crippen LogP) is 4.17. The van der Waals surface area contributed by atoms with E-state index in [-0.39, 0.29) is 18.4 Å². The number of aliphatic carboxylic acids is 1. The molecule has 2 N–H and O–H groups in total. The number of rotatable bonds is 5. The zero-order valence-corrected chi connectivity index (χ0v) is 15.3. The fraction of sp³-hybridized carbons (Fsp3) is 0.364. The Labute approximate surface area is 158 Å². The SMILES string of the molecule is CC(NC(=O)OCC1c2ccccc2-c2ccccc21)(C(=O)O)C1CCC1. The van der Waals surface area contributed by atoms with Crippen LogP contribution in [0.15, 0.2) is 48.5 Å². The van der Waals surface area contributed by atoms with Crippen molar-refractivity contribution >= 4 is 12.1 Å². The van der Waals surface area contributed by atoms with Gasteiger partial charge in [-0.2, -0.15) is 0 Å². The van der Waals surface area contributed by atoms with Crippen molar-refractivity contribution in [2.24, 2.45) is 5.92 Å². The first-order chi connectivity index (χ1) is 13.0. The average Bonchev–Trinajstić information content (AvgIpc) is 2.92. The van der Waals surface area contributed by atoms with Gasteiger partial charge in [-0.3, -0.25) is 0 Å². The third kappa shape index (κ3) is 2.97. The molecule has 2 aromatic carbocycles. The molecule has 5 heteroatoms. The third-order valence-corrected chi connectivity index (χ3v) is 6.07. The summed E-state index contributed by atoms with van der Waals surface area (Å²) in [4.78, 5) is 24.1. The molecular weight excluding hydrogens is 342 g/mol. The maximum absolute atomic E-state index is 12.4. The van der Waals surface area contributed by atoms with Crippen LogP contribution in [0.1, 0.15) is 43.2 Å². The number of fused-ring (bicyclic) bond motifs is 3. The summed E-state index contributed by atoms with van der Waals surface area (Å²) < 4.78 is 5.49. The number of hydrogen-bond acceptors (Lipinski definition) is 3. The zero-order chi connectivity index (χ0) is 19.0. The summed E-state index contributed by atoms with van der Waals surface area (Å²) in [5.41, 5.74) is 3.30. The molecule has 5 nitrogen and oxygen atoms in total. The Morgan fingerprint density at radius 2 is 1.63 bits per heavy atom. The Hall–Kier alpha value is -2.82. The average molecular weight is 365 g/mol. The van der Waals surface area contributed by atoms with Crippen LogP contribution in [-0.2, 0) is 9.53 Å². The lowest BCUT2D eigenvalue weighted by Gasteiger charge is -2.39. The number of nitrogens with one attached hydrogen (secondary N) is 1. The van der Waals surface area contributed by atoms with Crippen LogP contribution in [0.5, 0.6) is 0 Å². The molecule has 0 aromatic heterocycles. The van der Waals surface area contributed by atoms with Crippen molar-refractivity contribution in [2.45, 2.75) is 37.6 Å². The summed E-state index contributed by atoms with van der Waals surface area (Å²) in [6, 6.07) is 16.2. The number of carbonyl (C=O) groups is 2. The molecule has 4 rings (SSSR count). The van der Waals surface area contributed by atoms with Gasteiger partial charge in [-0.05, 0) is 47.9 Å². The second-order valence-corrected chi connectivity index (χ2v) is 7.59. The van der Waals surface area contributed by atoms with Crippen LogP contribution in [0.2, 0.25) is 0 Å². The Morgan fingerprint density at radius 1 is 1.07 bits per heavy atom. The summed E-state index contributed by atoms with van der Waals surface area (Å²) in [5.74, 6) is -1.10. The number of amides is 1. The highest BCUT2D eigenvalue weighted by atomic mass is 16.5. The van der Waals surface area contributed by atoms with Gasteiger partial charge in [-0.15, -0.1) is 0 Å². The molecule has 1 fully saturated rings. The summed E-state index contributed by atoms with van der Waals surface area (Å²) in [5, 5.41) is 12.2. The van der Waals surface area contributed by atoms with Crippen LogP contribution >= 0.6 is 0 Å². The molecule has 2 aliphatic carbocycles. The minimum absolute atomic E-state index is 0.0389. The van der Waals surface area contributed by atoms with E-state index in [0.29, 0.717) is 0 Å². The number of carboxylic acids is 1. The van der Waals surface area contributed by atoms with Gasteiger partial charge in [-0.1, -0.05) is 55.0 Å². The van der Waals surface area contributed by atoms with Crippen molar-refractivity contribution in [3.63, 3.8) is 0 Å². The fourth-order valence-electron chi connectivity index (χ4n) is 4.16. The number of ether oxygens (including phenoxy) is 1. The van der Waals surface area contributed by atoms with Crippen LogP contribution in [0.25, 0.3) is 11.1 Å². The number of carboxylic acid groups (broad SMARTS) is 1. The van der Waals surface area contributed by atoms with E-state index in [1.54, 1.807) is 6.92 Å². The second-order valence-electron chi connectivity index (χ2n) is 7.59. The Morgan fingerprint density at radius 3 is 2.11 bits per heavy atom. The summed E-state index contributed by atoms with van der Waals surface area (Å²) in [6.07, 6.45) is 1.95. The summed E-state index contributed by atoms with van der Waals surface area (Å²) in [6.45, 7) is 1.75. The Balaban J connectivity index is 1.49. The van der Waals surface area contributed by atoms with Gasteiger partial charge in [0, 0.05) is 5.92 Å². The highest BCUT2D eigenvalue weighted by molar-refractivity contribution is 5.84. The van der Waals surface area contributed by atoms with Crippen LogP contribution in [-0.4, -0.2) is 29.3 Å². The summed E-state index contributed by atoms with van der Waals surface area (Å²) in [7, 11) is 0. The van der Waals surface area contributed by atoms with Gasteiger partial charge in [-0.25, -0.2) is 9.59 Å². The maximum Gasteiger partial charge on any atom is 0.408 e. The van der Waals surface area contributed by atoms with E-state index < -0.39 is 17.6 Å². The highest BCUT2D eigenvalue weighted by Gasteiger charge is 2.46. The van der Waals surface area contributed by atoms with Crippen LogP contribution in [0, 0.1) is 5.92 Å². The molecule has 2 aliphatic rings. The lowest BCUT2D eigenvalue weighted by molar-refractivity contribution is -0.147. The molecule has 0 aliphatic heterocycles. The van der Waals surface area contributed by atoms with E-state index in [0.717, 1.165) is 41.5 Å². The van der Waals surface area contributed by atoms with E-state index in [1.165, 1.54) is 0 Å². The van der Waals surface area contributed by atoms with E-state index >= 15 is 0 Å². The van der Waals surface area contributed by atoms with Gasteiger partial charge >= 0.3 is 12.1 Å². The predicted molar refractivity (Wildman–Crippen MR) is 102 cm³/mol. The highest BCUT2D eigenvalue weighted by Crippen LogP contribution is 2.44. The van der Waals surface area contributed by atoms with E-state index in [9.17, 15) is 14.7 Å². The Kier molecular flexibility index (Phi) is 4.38. The molecule has 0 bridgehead atoms. The molecule has 140 valence electrons. The molecular formula is C22H23NO4. The van der Waals surface area contributed by atoms with Crippen molar-refractivity contribution in [1.29, 1.82) is 0 Å². The normalized spacial score (nSPS) is 18.0. The topological polar surface area (TPSA) is 75.6 Å². The van der Waals surface area contributed by atoms with Crippen molar-refractivity contribution in [1.82, 2.24) is 5.32 Å². The van der Waals surface area contributed by atoms with Gasteiger partial charge < -0.3 is 15.2 Å². The molecule has 0 spiro atoms. The standard InChI is InChI=1S/C22H23NO4/c1-22(20(24)25,14-7-6-8-14)23-21(26)27-13-19-17-11-4-2-9-15(17)16-10-3-5-12-18(16)19/h2-5,9-12,14,19H,6-8,13H2,1H3,(H,23,26)(H,24,25). The van der Waals surface area contributed by atoms with Crippen LogP contribution in [0.4, 0.5) is 4.79 Å². The third-order valence-electron chi connectivity index (χ3n) is 6.07. The molecule has 0 radical (unpaired) electrons. The Bertz CT molecular complexity index is 844. The van der Waals surface area contributed by atoms with E-state index in [4.69, 9.17) is 4.74 Å². The zero-order valence-electron chi connectivity index (χ0n) is 15.3. The number of alkyl carbamates (subject to hydrolysis) is 1. The maximum atomic E-state index is 12.4. The molecule has 1 atom stereocenters. The number of hydrogen-bond donors (Lipinski definition) is 2. The van der Waals surface area contributed by atoms with Crippen molar-refractivity contribution < 1.29 is 19.4 Å². The minimum Gasteiger partial charge on any atom is -0.480 e. The van der Waals surface area contributed by atoms with Gasteiger partial charge in [0.1, 0.15) is 12.1 Å².